The molecule has 0 aliphatic carbocycles. The zero-order valence-corrected chi connectivity index (χ0v) is 19.0. The number of hydrogen-bond donors (Lipinski definition) is 2. The number of hydrogen-bond acceptors (Lipinski definition) is 6. The van der Waals surface area contributed by atoms with Crippen LogP contribution in [0.25, 0.3) is 0 Å². The highest BCUT2D eigenvalue weighted by Crippen LogP contribution is 2.41. The lowest BCUT2D eigenvalue weighted by Gasteiger charge is -2.41. The van der Waals surface area contributed by atoms with Gasteiger partial charge in [0.05, 0.1) is 17.8 Å². The number of ether oxygens (including phenoxy) is 3. The Balaban J connectivity index is 2.58. The van der Waals surface area contributed by atoms with Crippen molar-refractivity contribution >= 4 is 8.80 Å². The Morgan fingerprint density at radius 3 is 2.29 bits per heavy atom. The second kappa shape index (κ2) is 7.87. The van der Waals surface area contributed by atoms with Crippen LogP contribution < -0.4 is 11.2 Å². The Morgan fingerprint density at radius 1 is 1.21 bits per heavy atom. The van der Waals surface area contributed by atoms with Crippen LogP contribution in [0.2, 0.25) is 13.1 Å². The highest BCUT2D eigenvalue weighted by atomic mass is 28.3. The minimum absolute atomic E-state index is 0.156. The molecule has 0 saturated carbocycles. The average Bonchev–Trinajstić information content (AvgIpc) is 2.77. The van der Waals surface area contributed by atoms with Gasteiger partial charge in [-0.2, -0.15) is 0 Å². The molecule has 0 spiro atoms. The van der Waals surface area contributed by atoms with Crippen molar-refractivity contribution in [3.8, 4) is 0 Å². The lowest BCUT2D eigenvalue weighted by atomic mass is 10.1. The van der Waals surface area contributed by atoms with Crippen LogP contribution in [0.15, 0.2) is 21.9 Å². The second-order valence-corrected chi connectivity index (χ2v) is 12.1. The maximum absolute atomic E-state index is 12.7. The summed E-state index contributed by atoms with van der Waals surface area (Å²) in [6.07, 6.45) is -1.06. The van der Waals surface area contributed by atoms with Gasteiger partial charge in [0.15, 0.2) is 5.35 Å². The van der Waals surface area contributed by atoms with Gasteiger partial charge in [-0.15, -0.1) is 0 Å². The van der Waals surface area contributed by atoms with Gasteiger partial charge in [-0.25, -0.2) is 4.79 Å². The molecule has 1 fully saturated rings. The van der Waals surface area contributed by atoms with Crippen LogP contribution in [0.5, 0.6) is 0 Å². The Bertz CT molecular complexity index is 791. The smallest absolute Gasteiger partial charge is 0.330 e. The zero-order valence-electron chi connectivity index (χ0n) is 18.0. The molecule has 2 heterocycles. The first-order chi connectivity index (χ1) is 12.7. The Hall–Kier alpha value is -1.26. The molecule has 28 heavy (non-hydrogen) atoms. The highest BCUT2D eigenvalue weighted by molar-refractivity contribution is 6.58. The number of nitrogens with one attached hydrogen (secondary N) is 1. The van der Waals surface area contributed by atoms with Crippen molar-refractivity contribution in [1.29, 1.82) is 0 Å². The molecule has 1 radical (unpaired) electrons. The summed E-state index contributed by atoms with van der Waals surface area (Å²) < 4.78 is 19.8. The zero-order chi connectivity index (χ0) is 21.5. The first kappa shape index (κ1) is 23.0. The molecule has 9 heteroatoms. The van der Waals surface area contributed by atoms with Crippen molar-refractivity contribution in [3.63, 3.8) is 0 Å². The average molecular weight is 414 g/mol. The van der Waals surface area contributed by atoms with E-state index in [1.165, 1.54) is 16.8 Å². The van der Waals surface area contributed by atoms with Crippen LogP contribution in [0.3, 0.4) is 0 Å². The molecule has 2 rings (SSSR count). The SMILES string of the molecule is C[Si](C)[C@@]1(n2ccc(=O)[nH]c2=O)O[C@H](COC(C)(C)C)[C@@H](O)[C@H]1OC(C)(C)C. The lowest BCUT2D eigenvalue weighted by Crippen LogP contribution is -2.60. The van der Waals surface area contributed by atoms with Crippen LogP contribution in [0.4, 0.5) is 0 Å². The summed E-state index contributed by atoms with van der Waals surface area (Å²) in [5.41, 5.74) is -2.07. The number of rotatable bonds is 5. The highest BCUT2D eigenvalue weighted by Gasteiger charge is 2.60. The predicted octanol–water partition coefficient (Wildman–Crippen LogP) is 1.24. The van der Waals surface area contributed by atoms with E-state index < -0.39 is 54.9 Å². The fourth-order valence-electron chi connectivity index (χ4n) is 3.31. The van der Waals surface area contributed by atoms with Crippen LogP contribution >= 0.6 is 0 Å². The van der Waals surface area contributed by atoms with E-state index in [0.717, 1.165) is 0 Å². The van der Waals surface area contributed by atoms with Gasteiger partial charge in [-0.1, -0.05) is 13.1 Å². The van der Waals surface area contributed by atoms with E-state index in [-0.39, 0.29) is 6.61 Å². The molecular formula is C19H33N2O6Si. The molecule has 1 aliphatic rings. The largest absolute Gasteiger partial charge is 0.387 e. The molecule has 1 aromatic rings. The molecular weight excluding hydrogens is 380 g/mol. The minimum Gasteiger partial charge on any atom is -0.387 e. The van der Waals surface area contributed by atoms with Crippen LogP contribution in [-0.4, -0.2) is 59.6 Å². The van der Waals surface area contributed by atoms with Gasteiger partial charge in [0.25, 0.3) is 5.56 Å². The third kappa shape index (κ3) is 4.83. The maximum Gasteiger partial charge on any atom is 0.330 e. The first-order valence-corrected chi connectivity index (χ1v) is 12.0. The lowest BCUT2D eigenvalue weighted by molar-refractivity contribution is -0.157. The van der Waals surface area contributed by atoms with E-state index in [9.17, 15) is 14.7 Å². The fourth-order valence-corrected chi connectivity index (χ4v) is 5.15. The van der Waals surface area contributed by atoms with E-state index in [4.69, 9.17) is 14.2 Å². The van der Waals surface area contributed by atoms with Crippen LogP contribution in [0.1, 0.15) is 41.5 Å². The number of H-pyrrole nitrogens is 1. The summed E-state index contributed by atoms with van der Waals surface area (Å²) in [5, 5.41) is 9.90. The first-order valence-electron chi connectivity index (χ1n) is 9.48. The van der Waals surface area contributed by atoms with Crippen molar-refractivity contribution in [2.75, 3.05) is 6.61 Å². The maximum atomic E-state index is 12.7. The van der Waals surface area contributed by atoms with Crippen molar-refractivity contribution in [3.05, 3.63) is 33.1 Å². The number of aliphatic hydroxyl groups is 1. The third-order valence-electron chi connectivity index (χ3n) is 4.47. The molecule has 4 atom stereocenters. The number of aliphatic hydroxyl groups excluding tert-OH is 1. The predicted molar refractivity (Wildman–Crippen MR) is 108 cm³/mol. The molecule has 159 valence electrons. The van der Waals surface area contributed by atoms with Gasteiger partial charge in [-0.3, -0.25) is 14.3 Å². The fraction of sp³-hybridized carbons (Fsp3) is 0.789. The van der Waals surface area contributed by atoms with Crippen molar-refractivity contribution in [2.45, 2.75) is 89.5 Å². The van der Waals surface area contributed by atoms with Crippen molar-refractivity contribution in [2.24, 2.45) is 0 Å². The van der Waals surface area contributed by atoms with E-state index in [0.29, 0.717) is 0 Å². The van der Waals surface area contributed by atoms with Crippen LogP contribution in [-0.2, 0) is 19.6 Å². The second-order valence-electron chi connectivity index (χ2n) is 9.40. The molecule has 2 N–H and O–H groups in total. The van der Waals surface area contributed by atoms with Gasteiger partial charge >= 0.3 is 5.69 Å². The van der Waals surface area contributed by atoms with E-state index >= 15 is 0 Å². The molecule has 1 aromatic heterocycles. The standard InChI is InChI=1S/C19H33N2O6Si/c1-17(2,3)25-11-12-14(23)15(27-18(4,5)6)19(26-12,28(7)8)21-10-9-13(22)20-16(21)24/h9-10,12,14-15,23H,11H2,1-8H3,(H,20,22,24)/t12-,14-,15-,19+/m1/s1. The van der Waals surface area contributed by atoms with Gasteiger partial charge < -0.3 is 19.3 Å². The number of aromatic amines is 1. The molecule has 1 saturated heterocycles. The molecule has 1 aliphatic heterocycles. The molecule has 0 aromatic carbocycles. The number of nitrogens with zero attached hydrogens (tertiary/aromatic N) is 1. The monoisotopic (exact) mass is 413 g/mol. The van der Waals surface area contributed by atoms with Gasteiger partial charge in [-0.05, 0) is 41.5 Å². The van der Waals surface area contributed by atoms with E-state index in [1.807, 2.05) is 54.6 Å². The summed E-state index contributed by atoms with van der Waals surface area (Å²) in [5.74, 6) is 0. The van der Waals surface area contributed by atoms with E-state index in [2.05, 4.69) is 4.98 Å². The van der Waals surface area contributed by atoms with Gasteiger partial charge in [0.2, 0.25) is 0 Å². The van der Waals surface area contributed by atoms with Gasteiger partial charge in [0, 0.05) is 12.3 Å². The number of aromatic nitrogens is 2. The van der Waals surface area contributed by atoms with Crippen molar-refractivity contribution < 1.29 is 19.3 Å². The normalized spacial score (nSPS) is 28.9. The quantitative estimate of drug-likeness (QED) is 0.704. The Kier molecular flexibility index (Phi) is 6.47. The Labute approximate surface area is 167 Å². The van der Waals surface area contributed by atoms with Gasteiger partial charge in [0.1, 0.15) is 27.1 Å². The summed E-state index contributed by atoms with van der Waals surface area (Å²) in [7, 11) is -1.42. The summed E-state index contributed by atoms with van der Waals surface area (Å²) in [6.45, 7) is 15.6. The molecule has 0 bridgehead atoms. The van der Waals surface area contributed by atoms with E-state index in [1.54, 1.807) is 0 Å². The summed E-state index contributed by atoms with van der Waals surface area (Å²) in [6, 6.07) is 1.27. The van der Waals surface area contributed by atoms with Crippen molar-refractivity contribution in [1.82, 2.24) is 9.55 Å². The summed E-state index contributed by atoms with van der Waals surface area (Å²) in [4.78, 5) is 26.5. The molecule has 8 nitrogen and oxygen atoms in total. The summed E-state index contributed by atoms with van der Waals surface area (Å²) >= 11 is 0. The third-order valence-corrected chi connectivity index (χ3v) is 6.54. The minimum atomic E-state index is -1.42. The molecule has 0 amide bonds. The topological polar surface area (TPSA) is 103 Å². The van der Waals surface area contributed by atoms with Crippen LogP contribution in [0, 0.1) is 0 Å². The Morgan fingerprint density at radius 2 is 1.82 bits per heavy atom. The molecule has 0 unspecified atom stereocenters.